The van der Waals surface area contributed by atoms with Crippen LogP contribution in [0.1, 0.15) is 37.6 Å². The average molecular weight is 302 g/mol. The third-order valence-electron chi connectivity index (χ3n) is 4.16. The molecule has 1 aliphatic heterocycles. The van der Waals surface area contributed by atoms with Crippen molar-refractivity contribution in [2.45, 2.75) is 38.8 Å². The number of nitrogens with zero attached hydrogens (tertiary/aromatic N) is 2. The lowest BCUT2D eigenvalue weighted by Crippen LogP contribution is -2.26. The number of benzene rings is 1. The third kappa shape index (κ3) is 3.27. The number of hydrogen-bond acceptors (Lipinski definition) is 4. The Morgan fingerprint density at radius 1 is 1.33 bits per heavy atom. The maximum absolute atomic E-state index is 10.3. The number of rotatable bonds is 4. The molecule has 21 heavy (non-hydrogen) atoms. The zero-order valence-corrected chi connectivity index (χ0v) is 13.4. The number of thiazole rings is 1. The average Bonchev–Trinajstić information content (AvgIpc) is 3.06. The van der Waals surface area contributed by atoms with Crippen LogP contribution < -0.4 is 4.90 Å². The van der Waals surface area contributed by atoms with E-state index in [1.165, 1.54) is 6.42 Å². The number of aliphatic hydroxyl groups is 1. The van der Waals surface area contributed by atoms with Gasteiger partial charge in [0.05, 0.1) is 11.8 Å². The van der Waals surface area contributed by atoms with E-state index in [-0.39, 0.29) is 0 Å². The Balaban J connectivity index is 1.68. The minimum absolute atomic E-state index is 0.476. The molecule has 0 amide bonds. The second kappa shape index (κ2) is 6.16. The van der Waals surface area contributed by atoms with E-state index in [1.807, 2.05) is 30.3 Å². The number of hydrogen-bond donors (Lipinski definition) is 1. The van der Waals surface area contributed by atoms with E-state index in [0.29, 0.717) is 12.5 Å². The van der Waals surface area contributed by atoms with Crippen LogP contribution in [-0.2, 0) is 6.42 Å². The Labute approximate surface area is 130 Å². The lowest BCUT2D eigenvalue weighted by Gasteiger charge is -2.20. The van der Waals surface area contributed by atoms with Crippen LogP contribution in [0.3, 0.4) is 0 Å². The summed E-state index contributed by atoms with van der Waals surface area (Å²) in [5, 5.41) is 13.5. The zero-order chi connectivity index (χ0) is 14.8. The van der Waals surface area contributed by atoms with Gasteiger partial charge in [0.25, 0.3) is 0 Å². The van der Waals surface area contributed by atoms with Gasteiger partial charge in [-0.15, -0.1) is 11.3 Å². The molecular formula is C17H22N2OS. The topological polar surface area (TPSA) is 36.4 Å². The highest BCUT2D eigenvalue weighted by molar-refractivity contribution is 7.13. The molecule has 2 aromatic rings. The SMILES string of the molecule is CC1CC(C)N(c2nc(CC(O)c3ccccc3)cs2)C1. The summed E-state index contributed by atoms with van der Waals surface area (Å²) in [5.41, 5.74) is 1.94. The first kappa shape index (κ1) is 14.5. The molecule has 3 nitrogen and oxygen atoms in total. The van der Waals surface area contributed by atoms with Crippen LogP contribution in [-0.4, -0.2) is 22.7 Å². The van der Waals surface area contributed by atoms with E-state index in [1.54, 1.807) is 11.3 Å². The monoisotopic (exact) mass is 302 g/mol. The van der Waals surface area contributed by atoms with Crippen molar-refractivity contribution in [2.75, 3.05) is 11.4 Å². The molecule has 1 aromatic carbocycles. The molecule has 1 fully saturated rings. The molecule has 1 N–H and O–H groups in total. The van der Waals surface area contributed by atoms with Crippen molar-refractivity contribution in [3.05, 3.63) is 47.0 Å². The Kier molecular flexibility index (Phi) is 4.27. The molecule has 3 rings (SSSR count). The highest BCUT2D eigenvalue weighted by Crippen LogP contribution is 2.32. The molecule has 0 bridgehead atoms. The Morgan fingerprint density at radius 3 is 2.76 bits per heavy atom. The highest BCUT2D eigenvalue weighted by atomic mass is 32.1. The molecule has 1 saturated heterocycles. The van der Waals surface area contributed by atoms with Gasteiger partial charge in [-0.2, -0.15) is 0 Å². The number of aliphatic hydroxyl groups excluding tert-OH is 1. The summed E-state index contributed by atoms with van der Waals surface area (Å²) in [6, 6.07) is 10.4. The van der Waals surface area contributed by atoms with Crippen LogP contribution in [0.25, 0.3) is 0 Å². The minimum Gasteiger partial charge on any atom is -0.388 e. The lowest BCUT2D eigenvalue weighted by atomic mass is 10.1. The molecule has 0 radical (unpaired) electrons. The summed E-state index contributed by atoms with van der Waals surface area (Å²) in [4.78, 5) is 7.12. The summed E-state index contributed by atoms with van der Waals surface area (Å²) in [7, 11) is 0. The van der Waals surface area contributed by atoms with E-state index in [4.69, 9.17) is 4.98 Å². The van der Waals surface area contributed by atoms with Gasteiger partial charge in [0.1, 0.15) is 0 Å². The molecular weight excluding hydrogens is 280 g/mol. The summed E-state index contributed by atoms with van der Waals surface area (Å²) < 4.78 is 0. The number of anilines is 1. The van der Waals surface area contributed by atoms with Gasteiger partial charge in [0, 0.05) is 24.4 Å². The van der Waals surface area contributed by atoms with Crippen molar-refractivity contribution >= 4 is 16.5 Å². The fourth-order valence-electron chi connectivity index (χ4n) is 3.08. The molecule has 3 atom stereocenters. The van der Waals surface area contributed by atoms with Gasteiger partial charge in [0.15, 0.2) is 5.13 Å². The largest absolute Gasteiger partial charge is 0.388 e. The number of aromatic nitrogens is 1. The molecule has 112 valence electrons. The maximum atomic E-state index is 10.3. The summed E-state index contributed by atoms with van der Waals surface area (Å²) in [6.45, 7) is 5.66. The highest BCUT2D eigenvalue weighted by Gasteiger charge is 2.28. The van der Waals surface area contributed by atoms with Crippen molar-refractivity contribution in [2.24, 2.45) is 5.92 Å². The molecule has 1 aliphatic rings. The molecule has 0 spiro atoms. The second-order valence-corrected chi connectivity index (χ2v) is 6.93. The second-order valence-electron chi connectivity index (χ2n) is 6.09. The van der Waals surface area contributed by atoms with Gasteiger partial charge in [-0.1, -0.05) is 37.3 Å². The van der Waals surface area contributed by atoms with Gasteiger partial charge < -0.3 is 10.0 Å². The van der Waals surface area contributed by atoms with E-state index in [2.05, 4.69) is 24.1 Å². The first-order valence-corrected chi connectivity index (χ1v) is 8.45. The standard InChI is InChI=1S/C17H22N2OS/c1-12-8-13(2)19(10-12)17-18-15(11-21-17)9-16(20)14-6-4-3-5-7-14/h3-7,11-13,16,20H,8-10H2,1-2H3. The molecule has 3 unspecified atom stereocenters. The van der Waals surface area contributed by atoms with E-state index in [0.717, 1.165) is 28.9 Å². The van der Waals surface area contributed by atoms with E-state index >= 15 is 0 Å². The van der Waals surface area contributed by atoms with Crippen molar-refractivity contribution in [3.63, 3.8) is 0 Å². The summed E-state index contributed by atoms with van der Waals surface area (Å²) in [6.07, 6.45) is 1.34. The zero-order valence-electron chi connectivity index (χ0n) is 12.6. The van der Waals surface area contributed by atoms with Crippen LogP contribution in [0.2, 0.25) is 0 Å². The Bertz CT molecular complexity index is 583. The van der Waals surface area contributed by atoms with Crippen molar-refractivity contribution in [1.29, 1.82) is 0 Å². The molecule has 4 heteroatoms. The van der Waals surface area contributed by atoms with Gasteiger partial charge in [0.2, 0.25) is 0 Å². The fraction of sp³-hybridized carbons (Fsp3) is 0.471. The van der Waals surface area contributed by atoms with Gasteiger partial charge in [-0.25, -0.2) is 4.98 Å². The van der Waals surface area contributed by atoms with Crippen molar-refractivity contribution in [1.82, 2.24) is 4.98 Å². The van der Waals surface area contributed by atoms with Crippen LogP contribution in [0.4, 0.5) is 5.13 Å². The lowest BCUT2D eigenvalue weighted by molar-refractivity contribution is 0.177. The normalized spacial score (nSPS) is 23.5. The molecule has 0 aliphatic carbocycles. The van der Waals surface area contributed by atoms with Crippen LogP contribution >= 0.6 is 11.3 Å². The molecule has 1 aromatic heterocycles. The third-order valence-corrected chi connectivity index (χ3v) is 5.08. The first-order valence-electron chi connectivity index (χ1n) is 7.57. The molecule has 2 heterocycles. The quantitative estimate of drug-likeness (QED) is 0.936. The fourth-order valence-corrected chi connectivity index (χ4v) is 4.03. The Morgan fingerprint density at radius 2 is 2.10 bits per heavy atom. The van der Waals surface area contributed by atoms with Gasteiger partial charge >= 0.3 is 0 Å². The van der Waals surface area contributed by atoms with Crippen LogP contribution in [0, 0.1) is 5.92 Å². The summed E-state index contributed by atoms with van der Waals surface area (Å²) >= 11 is 1.69. The first-order chi connectivity index (χ1) is 10.1. The summed E-state index contributed by atoms with van der Waals surface area (Å²) in [5.74, 6) is 0.738. The maximum Gasteiger partial charge on any atom is 0.185 e. The van der Waals surface area contributed by atoms with Crippen molar-refractivity contribution < 1.29 is 5.11 Å². The van der Waals surface area contributed by atoms with Gasteiger partial charge in [-0.05, 0) is 24.8 Å². The van der Waals surface area contributed by atoms with Crippen LogP contribution in [0.5, 0.6) is 0 Å². The van der Waals surface area contributed by atoms with Crippen molar-refractivity contribution in [3.8, 4) is 0 Å². The predicted octanol–water partition coefficient (Wildman–Crippen LogP) is 3.65. The van der Waals surface area contributed by atoms with E-state index < -0.39 is 6.10 Å². The minimum atomic E-state index is -0.476. The van der Waals surface area contributed by atoms with E-state index in [9.17, 15) is 5.11 Å². The predicted molar refractivity (Wildman–Crippen MR) is 87.8 cm³/mol. The Hall–Kier alpha value is -1.39. The van der Waals surface area contributed by atoms with Crippen LogP contribution in [0.15, 0.2) is 35.7 Å². The smallest absolute Gasteiger partial charge is 0.185 e. The van der Waals surface area contributed by atoms with Gasteiger partial charge in [-0.3, -0.25) is 0 Å². The molecule has 0 saturated carbocycles.